The number of nitrogens with two attached hydrogens (primary N) is 1. The Bertz CT molecular complexity index is 1470. The van der Waals surface area contributed by atoms with E-state index in [0.29, 0.717) is 16.3 Å². The number of ether oxygens (including phenoxy) is 1. The van der Waals surface area contributed by atoms with E-state index in [1.807, 2.05) is 30.3 Å². The van der Waals surface area contributed by atoms with Gasteiger partial charge in [-0.3, -0.25) is 4.79 Å². The molecule has 34 heavy (non-hydrogen) atoms. The normalized spacial score (nSPS) is 10.9. The number of carbonyl (C=O) groups is 1. The predicted molar refractivity (Wildman–Crippen MR) is 141 cm³/mol. The number of anilines is 2. The summed E-state index contributed by atoms with van der Waals surface area (Å²) in [6.07, 6.45) is 0. The fraction of sp³-hybridized carbons (Fsp3) is 0.0714. The highest BCUT2D eigenvalue weighted by Crippen LogP contribution is 2.41. The van der Waals surface area contributed by atoms with E-state index < -0.39 is 0 Å². The quantitative estimate of drug-likeness (QED) is 0.300. The number of carbonyl (C=O) groups excluding carboxylic acids is 1. The van der Waals surface area contributed by atoms with Gasteiger partial charge in [-0.1, -0.05) is 60.2 Å². The summed E-state index contributed by atoms with van der Waals surface area (Å²) in [4.78, 5) is 19.2. The van der Waals surface area contributed by atoms with Crippen LogP contribution in [0.2, 0.25) is 0 Å². The topological polar surface area (TPSA) is 77.2 Å². The highest BCUT2D eigenvalue weighted by atomic mass is 32.1. The van der Waals surface area contributed by atoms with Crippen molar-refractivity contribution < 1.29 is 9.53 Å². The molecule has 5 nitrogen and oxygen atoms in total. The number of hydrogen-bond donors (Lipinski definition) is 2. The van der Waals surface area contributed by atoms with Crippen LogP contribution in [0.25, 0.3) is 32.6 Å². The largest absolute Gasteiger partial charge is 0.497 e. The van der Waals surface area contributed by atoms with Crippen molar-refractivity contribution in [3.05, 3.63) is 95.4 Å². The molecule has 5 rings (SSSR count). The molecule has 0 fully saturated rings. The number of nitrogens with zero attached hydrogens (tertiary/aromatic N) is 1. The summed E-state index contributed by atoms with van der Waals surface area (Å²) in [5, 5.41) is 3.73. The molecule has 0 aliphatic heterocycles. The van der Waals surface area contributed by atoms with Gasteiger partial charge in [0.05, 0.1) is 18.5 Å². The van der Waals surface area contributed by atoms with Gasteiger partial charge in [-0.15, -0.1) is 11.3 Å². The molecule has 0 radical (unpaired) electrons. The van der Waals surface area contributed by atoms with Crippen LogP contribution in [0.15, 0.2) is 84.9 Å². The summed E-state index contributed by atoms with van der Waals surface area (Å²) >= 11 is 1.31. The Kier molecular flexibility index (Phi) is 5.74. The molecule has 3 N–H and O–H groups in total. The number of fused-ring (bicyclic) bond motifs is 1. The van der Waals surface area contributed by atoms with Crippen molar-refractivity contribution in [2.75, 3.05) is 18.2 Å². The third kappa shape index (κ3) is 4.11. The Labute approximate surface area is 201 Å². The molecule has 6 heteroatoms. The number of benzene rings is 3. The minimum absolute atomic E-state index is 0.262. The van der Waals surface area contributed by atoms with Gasteiger partial charge >= 0.3 is 0 Å². The van der Waals surface area contributed by atoms with Crippen molar-refractivity contribution in [2.24, 2.45) is 0 Å². The molecule has 0 aliphatic carbocycles. The molecule has 0 atom stereocenters. The fourth-order valence-corrected chi connectivity index (χ4v) is 4.88. The van der Waals surface area contributed by atoms with Crippen LogP contribution in [0.1, 0.15) is 15.2 Å². The van der Waals surface area contributed by atoms with Gasteiger partial charge in [0.1, 0.15) is 15.5 Å². The van der Waals surface area contributed by atoms with Crippen molar-refractivity contribution in [2.45, 2.75) is 6.92 Å². The lowest BCUT2D eigenvalue weighted by Gasteiger charge is -2.09. The second kappa shape index (κ2) is 9.00. The first-order valence-electron chi connectivity index (χ1n) is 10.8. The van der Waals surface area contributed by atoms with Crippen LogP contribution in [0.5, 0.6) is 5.75 Å². The van der Waals surface area contributed by atoms with E-state index in [-0.39, 0.29) is 5.91 Å². The van der Waals surface area contributed by atoms with Gasteiger partial charge in [0.2, 0.25) is 0 Å². The standard InChI is InChI=1S/C28H23N3O2S/c1-17-8-10-18(11-9-17)22-16-23(19-6-4-3-5-7-19)31-28-24(22)25(29)26(34-28)27(32)30-20-12-14-21(33-2)15-13-20/h3-16H,29H2,1-2H3,(H,30,32). The minimum atomic E-state index is -0.262. The maximum absolute atomic E-state index is 13.2. The Morgan fingerprint density at radius 2 is 1.65 bits per heavy atom. The van der Waals surface area contributed by atoms with Crippen LogP contribution in [-0.2, 0) is 0 Å². The molecule has 2 heterocycles. The molecule has 3 aromatic carbocycles. The lowest BCUT2D eigenvalue weighted by atomic mass is 9.99. The number of methoxy groups -OCH3 is 1. The summed E-state index contributed by atoms with van der Waals surface area (Å²) in [5.41, 5.74) is 12.7. The Morgan fingerprint density at radius 3 is 2.32 bits per heavy atom. The summed E-state index contributed by atoms with van der Waals surface area (Å²) in [6, 6.07) is 27.6. The van der Waals surface area contributed by atoms with Crippen molar-refractivity contribution in [1.82, 2.24) is 4.98 Å². The summed E-state index contributed by atoms with van der Waals surface area (Å²) in [5.74, 6) is 0.460. The zero-order valence-electron chi connectivity index (χ0n) is 18.8. The molecule has 168 valence electrons. The molecule has 0 aliphatic rings. The first-order valence-corrected chi connectivity index (χ1v) is 11.7. The molecule has 0 saturated carbocycles. The van der Waals surface area contributed by atoms with Gasteiger partial charge in [0, 0.05) is 16.6 Å². The van der Waals surface area contributed by atoms with Gasteiger partial charge in [0.25, 0.3) is 5.91 Å². The molecule has 0 saturated heterocycles. The number of nitrogen functional groups attached to an aromatic ring is 1. The first kappa shape index (κ1) is 21.7. The van der Waals surface area contributed by atoms with Crippen LogP contribution in [0.3, 0.4) is 0 Å². The minimum Gasteiger partial charge on any atom is -0.497 e. The number of hydrogen-bond acceptors (Lipinski definition) is 5. The van der Waals surface area contributed by atoms with Crippen LogP contribution in [-0.4, -0.2) is 18.0 Å². The SMILES string of the molecule is COc1ccc(NC(=O)c2sc3nc(-c4ccccc4)cc(-c4ccc(C)cc4)c3c2N)cc1. The third-order valence-electron chi connectivity index (χ3n) is 5.69. The molecule has 0 unspecified atom stereocenters. The summed E-state index contributed by atoms with van der Waals surface area (Å²) < 4.78 is 5.19. The van der Waals surface area contributed by atoms with Crippen molar-refractivity contribution >= 4 is 38.8 Å². The zero-order chi connectivity index (χ0) is 23.7. The number of nitrogens with one attached hydrogen (secondary N) is 1. The van der Waals surface area contributed by atoms with E-state index in [9.17, 15) is 4.79 Å². The highest BCUT2D eigenvalue weighted by molar-refractivity contribution is 7.21. The number of amides is 1. The maximum Gasteiger partial charge on any atom is 0.267 e. The van der Waals surface area contributed by atoms with Gasteiger partial charge in [-0.25, -0.2) is 4.98 Å². The highest BCUT2D eigenvalue weighted by Gasteiger charge is 2.22. The number of aromatic nitrogens is 1. The van der Waals surface area contributed by atoms with Crippen molar-refractivity contribution in [3.8, 4) is 28.1 Å². The first-order chi connectivity index (χ1) is 16.5. The van der Waals surface area contributed by atoms with E-state index in [2.05, 4.69) is 42.6 Å². The average Bonchev–Trinajstić information content (AvgIpc) is 3.21. The average molecular weight is 466 g/mol. The molecule has 1 amide bonds. The molecule has 5 aromatic rings. The lowest BCUT2D eigenvalue weighted by Crippen LogP contribution is -2.11. The fourth-order valence-electron chi connectivity index (χ4n) is 3.87. The summed E-state index contributed by atoms with van der Waals surface area (Å²) in [6.45, 7) is 2.06. The predicted octanol–water partition coefficient (Wildman–Crippen LogP) is 6.78. The molecule has 2 aromatic heterocycles. The van der Waals surface area contributed by atoms with Crippen LogP contribution in [0.4, 0.5) is 11.4 Å². The second-order valence-electron chi connectivity index (χ2n) is 7.99. The second-order valence-corrected chi connectivity index (χ2v) is 8.99. The number of pyridine rings is 1. The number of rotatable bonds is 5. The van der Waals surface area contributed by atoms with Crippen LogP contribution >= 0.6 is 11.3 Å². The maximum atomic E-state index is 13.2. The Balaban J connectivity index is 1.63. The van der Waals surface area contributed by atoms with Gasteiger partial charge in [0.15, 0.2) is 0 Å². The van der Waals surface area contributed by atoms with Crippen LogP contribution in [0, 0.1) is 6.92 Å². The van der Waals surface area contributed by atoms with Crippen molar-refractivity contribution in [1.29, 1.82) is 0 Å². The van der Waals surface area contributed by atoms with E-state index in [1.54, 1.807) is 31.4 Å². The van der Waals surface area contributed by atoms with E-state index >= 15 is 0 Å². The summed E-state index contributed by atoms with van der Waals surface area (Å²) in [7, 11) is 1.60. The lowest BCUT2D eigenvalue weighted by molar-refractivity contribution is 0.103. The van der Waals surface area contributed by atoms with Crippen LogP contribution < -0.4 is 15.8 Å². The number of aryl methyl sites for hydroxylation is 1. The smallest absolute Gasteiger partial charge is 0.267 e. The molecular weight excluding hydrogens is 442 g/mol. The Morgan fingerprint density at radius 1 is 0.941 bits per heavy atom. The van der Waals surface area contributed by atoms with Crippen molar-refractivity contribution in [3.63, 3.8) is 0 Å². The molecule has 0 spiro atoms. The van der Waals surface area contributed by atoms with E-state index in [0.717, 1.165) is 38.4 Å². The monoisotopic (exact) mass is 465 g/mol. The third-order valence-corrected chi connectivity index (χ3v) is 6.78. The van der Waals surface area contributed by atoms with E-state index in [1.165, 1.54) is 16.9 Å². The van der Waals surface area contributed by atoms with Gasteiger partial charge < -0.3 is 15.8 Å². The zero-order valence-corrected chi connectivity index (χ0v) is 19.6. The molecule has 0 bridgehead atoms. The van der Waals surface area contributed by atoms with Gasteiger partial charge in [-0.2, -0.15) is 0 Å². The number of thiophene rings is 1. The molecular formula is C28H23N3O2S. The van der Waals surface area contributed by atoms with E-state index in [4.69, 9.17) is 15.5 Å². The van der Waals surface area contributed by atoms with Gasteiger partial charge in [-0.05, 0) is 48.4 Å². The Hall–Kier alpha value is -4.16.